The van der Waals surface area contributed by atoms with Crippen molar-refractivity contribution in [3.63, 3.8) is 0 Å². The van der Waals surface area contributed by atoms with Gasteiger partial charge in [0.2, 0.25) is 11.8 Å². The van der Waals surface area contributed by atoms with Gasteiger partial charge in [-0.2, -0.15) is 0 Å². The monoisotopic (exact) mass is 945 g/mol. The average Bonchev–Trinajstić information content (AvgIpc) is 3.87. The maximum Gasteiger partial charge on any atom is 0.274 e. The summed E-state index contributed by atoms with van der Waals surface area (Å²) in [6, 6.07) is 3.70. The molecule has 1 aliphatic rings. The zero-order valence-corrected chi connectivity index (χ0v) is 36.2. The van der Waals surface area contributed by atoms with Crippen LogP contribution >= 0.6 is 46.6 Å². The first kappa shape index (κ1) is 49.9. The molecule has 0 aromatic carbocycles. The second kappa shape index (κ2) is 20.6. The molecule has 0 spiro atoms. The van der Waals surface area contributed by atoms with Crippen LogP contribution < -0.4 is 35.9 Å². The third kappa shape index (κ3) is 14.1. The fourth-order valence-corrected chi connectivity index (χ4v) is 9.82. The highest BCUT2D eigenvalue weighted by atomic mass is 32.2. The van der Waals surface area contributed by atoms with Crippen molar-refractivity contribution >= 4 is 80.5 Å². The summed E-state index contributed by atoms with van der Waals surface area (Å²) in [6.07, 6.45) is -6.70. The summed E-state index contributed by atoms with van der Waals surface area (Å²) in [5, 5.41) is 38.2. The number of imidazole rings is 1. The molecule has 30 heteroatoms. The lowest BCUT2D eigenvalue weighted by molar-refractivity contribution is -0.347. The number of nitrogens with two attached hydrogens (primary N) is 1. The molecule has 0 radical (unpaired) electrons. The highest BCUT2D eigenvalue weighted by Crippen LogP contribution is 2.56. The van der Waals surface area contributed by atoms with E-state index in [-0.39, 0.29) is 53.8 Å². The van der Waals surface area contributed by atoms with Gasteiger partial charge in [-0.25, -0.2) is 19.3 Å². The van der Waals surface area contributed by atoms with Gasteiger partial charge >= 0.3 is 0 Å². The largest absolute Gasteiger partial charge is 0.790 e. The van der Waals surface area contributed by atoms with Crippen molar-refractivity contribution in [3.05, 3.63) is 35.0 Å². The molecule has 4 rings (SSSR count). The molecule has 3 aromatic rings. The van der Waals surface area contributed by atoms with E-state index in [4.69, 9.17) is 10.5 Å². The molecule has 0 bridgehead atoms. The van der Waals surface area contributed by atoms with Crippen LogP contribution in [0.25, 0.3) is 11.2 Å². The zero-order valence-electron chi connectivity index (χ0n) is 31.9. The average molecular weight is 946 g/mol. The molecule has 7 N–H and O–H groups in total. The number of anilines is 1. The van der Waals surface area contributed by atoms with Crippen LogP contribution in [0.5, 0.6) is 0 Å². The maximum atomic E-state index is 12.6. The minimum absolute atomic E-state index is 0.0299. The molecule has 0 saturated carbocycles. The molecule has 60 heavy (non-hydrogen) atoms. The number of ether oxygens (including phenoxy) is 1. The van der Waals surface area contributed by atoms with Crippen LogP contribution in [0.1, 0.15) is 38.5 Å². The Morgan fingerprint density at radius 2 is 1.80 bits per heavy atom. The molecule has 0 aliphatic carbocycles. The minimum Gasteiger partial charge on any atom is -0.790 e. The number of phosphoric acid groups is 3. The second-order valence-electron chi connectivity index (χ2n) is 13.9. The number of aliphatic hydroxyl groups is 3. The summed E-state index contributed by atoms with van der Waals surface area (Å²) >= 11 is 2.41. The first-order valence-corrected chi connectivity index (χ1v) is 23.8. The van der Waals surface area contributed by atoms with E-state index in [2.05, 4.69) is 43.5 Å². The molecule has 4 heterocycles. The minimum atomic E-state index is -5.95. The number of nitrogens with zero attached hydrogens (tertiary/aromatic N) is 4. The number of thiophene rings is 1. The van der Waals surface area contributed by atoms with E-state index < -0.39 is 90.2 Å². The number of phosphoric ester groups is 3. The van der Waals surface area contributed by atoms with E-state index in [1.54, 1.807) is 0 Å². The van der Waals surface area contributed by atoms with Crippen molar-refractivity contribution in [2.24, 2.45) is 5.41 Å². The van der Waals surface area contributed by atoms with Gasteiger partial charge in [0.25, 0.3) is 15.6 Å². The summed E-state index contributed by atoms with van der Waals surface area (Å²) in [7, 11) is -17.7. The van der Waals surface area contributed by atoms with Gasteiger partial charge in [0, 0.05) is 48.4 Å². The van der Waals surface area contributed by atoms with Gasteiger partial charge in [0.05, 0.1) is 33.5 Å². The predicted octanol–water partition coefficient (Wildman–Crippen LogP) is -2.63. The Kier molecular flexibility index (Phi) is 17.1. The third-order valence-electron chi connectivity index (χ3n) is 8.65. The molecular formula is C30H42N7O18P3S2-4. The molecule has 25 nitrogen and oxygen atoms in total. The quantitative estimate of drug-likeness (QED) is 0.0418. The topological polar surface area (TPSA) is 395 Å². The lowest BCUT2D eigenvalue weighted by Gasteiger charge is -2.36. The van der Waals surface area contributed by atoms with Crippen molar-refractivity contribution in [2.45, 2.75) is 76.3 Å². The summed E-state index contributed by atoms with van der Waals surface area (Å²) in [4.78, 5) is 97.7. The maximum absolute atomic E-state index is 12.6. The number of amides is 2. The number of aliphatic hydroxyl groups excluding tert-OH is 3. The van der Waals surface area contributed by atoms with Crippen molar-refractivity contribution in [2.75, 3.05) is 37.8 Å². The molecule has 1 saturated heterocycles. The van der Waals surface area contributed by atoms with Crippen LogP contribution in [0.3, 0.4) is 0 Å². The number of carbonyl (C=O) groups excluding carboxylic acids is 3. The fourth-order valence-electron chi connectivity index (χ4n) is 5.57. The van der Waals surface area contributed by atoms with Crippen molar-refractivity contribution in [1.29, 1.82) is 0 Å². The lowest BCUT2D eigenvalue weighted by Crippen LogP contribution is -2.46. The van der Waals surface area contributed by atoms with Crippen LogP contribution in [0.4, 0.5) is 5.82 Å². The van der Waals surface area contributed by atoms with Crippen LogP contribution in [0.2, 0.25) is 0 Å². The second-order valence-corrected chi connectivity index (χ2v) is 20.2. The molecular weight excluding hydrogens is 903 g/mol. The Balaban J connectivity index is 1.21. The molecule has 1 fully saturated rings. The standard InChI is InChI=1S/C30H46N7O18P3S2/c1-29(2,25(42)28(43)33-7-6-20(39)32-8-10-60-21(40)12-17(38)11-18-5-4-9-59-18)14-52-58(49,50)55-57(47,48)51-13-19-23(54-56(44,45)46)24(41)30(3,53-19)37-16-36-22-26(31)34-15-35-27(22)37/h4-5,9,15-17,19,23-25,38,41-42H,6-8,10-14H2,1-3H3,(H,32,39)(H,33,43)(H,47,48)(H,49,50)(H2,31,34,35)(H2,44,45,46)/p-4. The predicted molar refractivity (Wildman–Crippen MR) is 201 cm³/mol. The Hall–Kier alpha value is -2.78. The molecule has 1 aliphatic heterocycles. The third-order valence-corrected chi connectivity index (χ3v) is 13.5. The van der Waals surface area contributed by atoms with E-state index in [0.29, 0.717) is 6.42 Å². The SMILES string of the molecule is CC(C)(COP(=O)([O-])OP(=O)([O-])OCC1OC(C)(n2cnc3c(N)ncnc32)C(O)C1OP(=O)([O-])[O-])C(O)C(=O)NCCC(=O)NCCSC(=O)CC(O)Cc1cccs1. The number of aromatic nitrogens is 4. The number of rotatable bonds is 23. The number of hydrogen-bond acceptors (Lipinski definition) is 24. The Labute approximate surface area is 349 Å². The number of carbonyl (C=O) groups is 3. The van der Waals surface area contributed by atoms with Crippen LogP contribution in [-0.2, 0) is 62.8 Å². The van der Waals surface area contributed by atoms with E-state index >= 15 is 0 Å². The van der Waals surface area contributed by atoms with Gasteiger partial charge in [-0.15, -0.1) is 11.3 Å². The van der Waals surface area contributed by atoms with E-state index in [1.807, 2.05) is 17.5 Å². The van der Waals surface area contributed by atoms with Crippen LogP contribution in [0, 0.1) is 5.41 Å². The zero-order chi connectivity index (χ0) is 44.7. The number of thioether (sulfide) groups is 1. The summed E-state index contributed by atoms with van der Waals surface area (Å²) < 4.78 is 61.1. The van der Waals surface area contributed by atoms with Crippen molar-refractivity contribution in [3.8, 4) is 0 Å². The van der Waals surface area contributed by atoms with Gasteiger partial charge in [-0.1, -0.05) is 31.7 Å². The lowest BCUT2D eigenvalue weighted by atomic mass is 9.87. The number of nitrogen functional groups attached to an aromatic ring is 1. The molecule has 3 aromatic heterocycles. The van der Waals surface area contributed by atoms with Gasteiger partial charge in [-0.3, -0.25) is 28.1 Å². The van der Waals surface area contributed by atoms with Gasteiger partial charge < -0.3 is 74.1 Å². The van der Waals surface area contributed by atoms with Gasteiger partial charge in [-0.05, 0) is 18.4 Å². The Morgan fingerprint density at radius 1 is 1.10 bits per heavy atom. The van der Waals surface area contributed by atoms with E-state index in [1.165, 1.54) is 32.1 Å². The summed E-state index contributed by atoms with van der Waals surface area (Å²) in [6.45, 7) is 1.10. The Bertz CT molecular complexity index is 2110. The first-order chi connectivity index (χ1) is 27.8. The first-order valence-electron chi connectivity index (χ1n) is 17.5. The highest BCUT2D eigenvalue weighted by Gasteiger charge is 2.55. The van der Waals surface area contributed by atoms with Crippen LogP contribution in [0.15, 0.2) is 30.2 Å². The number of fused-ring (bicyclic) bond motifs is 1. The highest BCUT2D eigenvalue weighted by molar-refractivity contribution is 8.13. The number of hydrogen-bond donors (Lipinski definition) is 6. The van der Waals surface area contributed by atoms with Crippen molar-refractivity contribution in [1.82, 2.24) is 30.2 Å². The van der Waals surface area contributed by atoms with Crippen molar-refractivity contribution < 1.29 is 85.6 Å². The fraction of sp³-hybridized carbons (Fsp3) is 0.600. The van der Waals surface area contributed by atoms with Crippen LogP contribution in [-0.4, -0.2) is 114 Å². The number of nitrogens with one attached hydrogen (secondary N) is 2. The summed E-state index contributed by atoms with van der Waals surface area (Å²) in [5.74, 6) is -1.39. The normalized spacial score (nSPS) is 22.8. The smallest absolute Gasteiger partial charge is 0.274 e. The molecule has 2 amide bonds. The van der Waals surface area contributed by atoms with E-state index in [0.717, 1.165) is 33.9 Å². The van der Waals surface area contributed by atoms with Gasteiger partial charge in [0.15, 0.2) is 22.3 Å². The van der Waals surface area contributed by atoms with E-state index in [9.17, 15) is 63.0 Å². The summed E-state index contributed by atoms with van der Waals surface area (Å²) in [5.41, 5.74) is 1.99. The van der Waals surface area contributed by atoms with Gasteiger partial charge in [0.1, 0.15) is 36.3 Å². The molecule has 8 unspecified atom stereocenters. The Morgan fingerprint density at radius 3 is 2.47 bits per heavy atom. The molecule has 8 atom stereocenters. The molecule has 336 valence electrons.